The van der Waals surface area contributed by atoms with E-state index in [9.17, 15) is 4.79 Å². The van der Waals surface area contributed by atoms with Crippen LogP contribution in [0.3, 0.4) is 0 Å². The van der Waals surface area contributed by atoms with Gasteiger partial charge in [0.1, 0.15) is 12.4 Å². The van der Waals surface area contributed by atoms with Gasteiger partial charge in [-0.3, -0.25) is 4.79 Å². The zero-order valence-corrected chi connectivity index (χ0v) is 13.0. The van der Waals surface area contributed by atoms with Gasteiger partial charge in [-0.15, -0.1) is 5.10 Å². The first-order chi connectivity index (χ1) is 11.1. The maximum atomic E-state index is 12.1. The van der Waals surface area contributed by atoms with Crippen LogP contribution in [0.25, 0.3) is 5.78 Å². The van der Waals surface area contributed by atoms with E-state index in [-0.39, 0.29) is 11.7 Å². The molecule has 0 aliphatic rings. The molecule has 0 fully saturated rings. The SMILES string of the molecule is Cc1cc(C)n2nc(C(=O)NCCOc3ccccc3)nc2n1. The van der Waals surface area contributed by atoms with Crippen LogP contribution in [0.4, 0.5) is 0 Å². The van der Waals surface area contributed by atoms with Crippen molar-refractivity contribution < 1.29 is 9.53 Å². The van der Waals surface area contributed by atoms with Crippen LogP contribution in [0.15, 0.2) is 36.4 Å². The molecule has 0 aliphatic heterocycles. The van der Waals surface area contributed by atoms with Gasteiger partial charge in [0.25, 0.3) is 11.7 Å². The molecule has 23 heavy (non-hydrogen) atoms. The van der Waals surface area contributed by atoms with Gasteiger partial charge in [-0.05, 0) is 32.0 Å². The Morgan fingerprint density at radius 1 is 1.22 bits per heavy atom. The van der Waals surface area contributed by atoms with Crippen molar-refractivity contribution in [3.63, 3.8) is 0 Å². The number of nitrogens with zero attached hydrogens (tertiary/aromatic N) is 4. The lowest BCUT2D eigenvalue weighted by Crippen LogP contribution is -2.29. The van der Waals surface area contributed by atoms with Gasteiger partial charge in [-0.1, -0.05) is 18.2 Å². The topological polar surface area (TPSA) is 81.4 Å². The van der Waals surface area contributed by atoms with E-state index in [1.807, 2.05) is 50.2 Å². The number of benzene rings is 1. The average Bonchev–Trinajstić information content (AvgIpc) is 2.97. The second-order valence-electron chi connectivity index (χ2n) is 5.10. The standard InChI is InChI=1S/C16H17N5O2/c1-11-10-12(2)21-16(18-11)19-14(20-21)15(22)17-8-9-23-13-6-4-3-5-7-13/h3-7,10H,8-9H2,1-2H3,(H,17,22). The molecule has 1 aromatic carbocycles. The van der Waals surface area contributed by atoms with E-state index < -0.39 is 0 Å². The quantitative estimate of drug-likeness (QED) is 0.723. The van der Waals surface area contributed by atoms with Crippen LogP contribution in [0.1, 0.15) is 22.0 Å². The number of ether oxygens (including phenoxy) is 1. The van der Waals surface area contributed by atoms with Crippen molar-refractivity contribution in [1.29, 1.82) is 0 Å². The number of aromatic nitrogens is 4. The Morgan fingerprint density at radius 2 is 2.00 bits per heavy atom. The molecule has 0 atom stereocenters. The molecule has 0 saturated carbocycles. The number of aryl methyl sites for hydroxylation is 2. The number of amides is 1. The van der Waals surface area contributed by atoms with Gasteiger partial charge < -0.3 is 10.1 Å². The molecule has 7 heteroatoms. The highest BCUT2D eigenvalue weighted by Crippen LogP contribution is 2.07. The minimum atomic E-state index is -0.343. The smallest absolute Gasteiger partial charge is 0.291 e. The molecule has 0 aliphatic carbocycles. The predicted octanol–water partition coefficient (Wildman–Crippen LogP) is 1.55. The van der Waals surface area contributed by atoms with Gasteiger partial charge >= 0.3 is 0 Å². The van der Waals surface area contributed by atoms with Crippen molar-refractivity contribution in [2.75, 3.05) is 13.2 Å². The van der Waals surface area contributed by atoms with E-state index >= 15 is 0 Å². The summed E-state index contributed by atoms with van der Waals surface area (Å²) in [5.74, 6) is 0.950. The number of nitrogens with one attached hydrogen (secondary N) is 1. The fourth-order valence-corrected chi connectivity index (χ4v) is 2.19. The molecule has 0 radical (unpaired) electrons. The van der Waals surface area contributed by atoms with Crippen LogP contribution >= 0.6 is 0 Å². The van der Waals surface area contributed by atoms with Gasteiger partial charge in [-0.25, -0.2) is 9.50 Å². The number of rotatable bonds is 5. The van der Waals surface area contributed by atoms with E-state index in [1.54, 1.807) is 4.52 Å². The Morgan fingerprint density at radius 3 is 2.78 bits per heavy atom. The molecule has 118 valence electrons. The Kier molecular flexibility index (Phi) is 4.18. The lowest BCUT2D eigenvalue weighted by Gasteiger charge is -2.06. The Balaban J connectivity index is 1.59. The van der Waals surface area contributed by atoms with Gasteiger partial charge in [0.2, 0.25) is 5.82 Å². The fourth-order valence-electron chi connectivity index (χ4n) is 2.19. The van der Waals surface area contributed by atoms with E-state index in [2.05, 4.69) is 20.4 Å². The van der Waals surface area contributed by atoms with Crippen LogP contribution in [0.2, 0.25) is 0 Å². The number of para-hydroxylation sites is 1. The molecular weight excluding hydrogens is 294 g/mol. The van der Waals surface area contributed by atoms with Gasteiger partial charge in [0.05, 0.1) is 6.54 Å². The van der Waals surface area contributed by atoms with Gasteiger partial charge in [0.15, 0.2) is 0 Å². The third-order valence-electron chi connectivity index (χ3n) is 3.22. The second-order valence-corrected chi connectivity index (χ2v) is 5.10. The monoisotopic (exact) mass is 311 g/mol. The molecule has 1 N–H and O–H groups in total. The molecule has 7 nitrogen and oxygen atoms in total. The lowest BCUT2D eigenvalue weighted by molar-refractivity contribution is 0.0937. The number of hydrogen-bond acceptors (Lipinski definition) is 5. The summed E-state index contributed by atoms with van der Waals surface area (Å²) >= 11 is 0. The summed E-state index contributed by atoms with van der Waals surface area (Å²) in [5, 5.41) is 6.91. The highest BCUT2D eigenvalue weighted by atomic mass is 16.5. The van der Waals surface area contributed by atoms with Crippen molar-refractivity contribution in [2.45, 2.75) is 13.8 Å². The molecule has 3 aromatic rings. The molecule has 0 spiro atoms. The fraction of sp³-hybridized carbons (Fsp3) is 0.250. The first-order valence-electron chi connectivity index (χ1n) is 7.30. The van der Waals surface area contributed by atoms with Crippen molar-refractivity contribution in [3.05, 3.63) is 53.6 Å². The van der Waals surface area contributed by atoms with Crippen molar-refractivity contribution in [1.82, 2.24) is 24.9 Å². The van der Waals surface area contributed by atoms with Crippen LogP contribution in [-0.4, -0.2) is 38.6 Å². The largest absolute Gasteiger partial charge is 0.492 e. The minimum absolute atomic E-state index is 0.103. The van der Waals surface area contributed by atoms with Crippen LogP contribution in [-0.2, 0) is 0 Å². The van der Waals surface area contributed by atoms with Gasteiger partial charge in [0, 0.05) is 11.4 Å². The summed E-state index contributed by atoms with van der Waals surface area (Å²) in [6.07, 6.45) is 0. The summed E-state index contributed by atoms with van der Waals surface area (Å²) < 4.78 is 7.07. The lowest BCUT2D eigenvalue weighted by atomic mass is 10.3. The molecule has 0 unspecified atom stereocenters. The number of fused-ring (bicyclic) bond motifs is 1. The zero-order valence-electron chi connectivity index (χ0n) is 13.0. The molecule has 3 rings (SSSR count). The third-order valence-corrected chi connectivity index (χ3v) is 3.22. The van der Waals surface area contributed by atoms with Crippen LogP contribution < -0.4 is 10.1 Å². The first-order valence-corrected chi connectivity index (χ1v) is 7.30. The molecule has 0 saturated heterocycles. The second kappa shape index (κ2) is 6.43. The van der Waals surface area contributed by atoms with Crippen molar-refractivity contribution in [3.8, 4) is 5.75 Å². The van der Waals surface area contributed by atoms with Crippen molar-refractivity contribution >= 4 is 11.7 Å². The summed E-state index contributed by atoms with van der Waals surface area (Å²) in [5.41, 5.74) is 1.72. The minimum Gasteiger partial charge on any atom is -0.492 e. The Labute approximate surface area is 133 Å². The summed E-state index contributed by atoms with van der Waals surface area (Å²) in [6.45, 7) is 4.52. The molecule has 1 amide bonds. The highest BCUT2D eigenvalue weighted by Gasteiger charge is 2.14. The maximum Gasteiger partial charge on any atom is 0.291 e. The Hall–Kier alpha value is -2.96. The number of hydrogen-bond donors (Lipinski definition) is 1. The van der Waals surface area contributed by atoms with Crippen molar-refractivity contribution in [2.24, 2.45) is 0 Å². The summed E-state index contributed by atoms with van der Waals surface area (Å²) in [6, 6.07) is 11.3. The molecular formula is C16H17N5O2. The summed E-state index contributed by atoms with van der Waals surface area (Å²) in [7, 11) is 0. The van der Waals surface area contributed by atoms with Crippen LogP contribution in [0, 0.1) is 13.8 Å². The zero-order chi connectivity index (χ0) is 16.2. The van der Waals surface area contributed by atoms with E-state index in [0.717, 1.165) is 17.1 Å². The normalized spacial score (nSPS) is 10.7. The van der Waals surface area contributed by atoms with E-state index in [1.165, 1.54) is 0 Å². The molecule has 2 aromatic heterocycles. The summed E-state index contributed by atoms with van der Waals surface area (Å²) in [4.78, 5) is 20.5. The average molecular weight is 311 g/mol. The number of carbonyl (C=O) groups is 1. The third kappa shape index (κ3) is 3.45. The van der Waals surface area contributed by atoms with E-state index in [0.29, 0.717) is 18.9 Å². The van der Waals surface area contributed by atoms with Crippen LogP contribution in [0.5, 0.6) is 5.75 Å². The number of carbonyl (C=O) groups excluding carboxylic acids is 1. The maximum absolute atomic E-state index is 12.1. The van der Waals surface area contributed by atoms with Gasteiger partial charge in [-0.2, -0.15) is 4.98 Å². The predicted molar refractivity (Wildman–Crippen MR) is 84.5 cm³/mol. The molecule has 0 bridgehead atoms. The highest BCUT2D eigenvalue weighted by molar-refractivity contribution is 5.90. The first kappa shape index (κ1) is 15.0. The molecule has 2 heterocycles. The van der Waals surface area contributed by atoms with E-state index in [4.69, 9.17) is 4.74 Å². The Bertz CT molecular complexity index is 829.